The molecule has 0 saturated carbocycles. The monoisotopic (exact) mass is 346 g/mol. The molecule has 1 N–H and O–H groups in total. The first-order chi connectivity index (χ1) is 12.0. The maximum Gasteiger partial charge on any atom is 0.342 e. The van der Waals surface area contributed by atoms with E-state index in [2.05, 4.69) is 0 Å². The molecule has 7 nitrogen and oxygen atoms in total. The van der Waals surface area contributed by atoms with Crippen molar-refractivity contribution in [3.63, 3.8) is 0 Å². The molecular formula is C18H18O7. The van der Waals surface area contributed by atoms with Crippen molar-refractivity contribution in [3.05, 3.63) is 47.5 Å². The lowest BCUT2D eigenvalue weighted by atomic mass is 10.1. The summed E-state index contributed by atoms with van der Waals surface area (Å²) in [4.78, 5) is 24.4. The van der Waals surface area contributed by atoms with Crippen LogP contribution in [0.15, 0.2) is 36.4 Å². The summed E-state index contributed by atoms with van der Waals surface area (Å²) in [5.74, 6) is -0.707. The van der Waals surface area contributed by atoms with Gasteiger partial charge in [0.2, 0.25) is 5.78 Å². The van der Waals surface area contributed by atoms with Gasteiger partial charge in [0.1, 0.15) is 17.1 Å². The number of esters is 1. The molecule has 0 aliphatic heterocycles. The van der Waals surface area contributed by atoms with Gasteiger partial charge >= 0.3 is 5.97 Å². The largest absolute Gasteiger partial charge is 0.504 e. The van der Waals surface area contributed by atoms with Crippen LogP contribution in [0.1, 0.15) is 20.7 Å². The number of para-hydroxylation sites is 1. The minimum Gasteiger partial charge on any atom is -0.504 e. The highest BCUT2D eigenvalue weighted by Crippen LogP contribution is 2.30. The molecule has 2 rings (SSSR count). The van der Waals surface area contributed by atoms with Crippen LogP contribution in [0, 0.1) is 0 Å². The molecule has 2 aromatic rings. The summed E-state index contributed by atoms with van der Waals surface area (Å²) in [6.45, 7) is -0.515. The molecule has 0 atom stereocenters. The second-order valence-corrected chi connectivity index (χ2v) is 4.92. The average Bonchev–Trinajstić information content (AvgIpc) is 2.65. The zero-order valence-corrected chi connectivity index (χ0v) is 14.1. The maximum atomic E-state index is 12.3. The number of ether oxygens (including phenoxy) is 4. The first kappa shape index (κ1) is 18.1. The number of methoxy groups -OCH3 is 3. The number of rotatable bonds is 7. The SMILES string of the molecule is COc1ccc(OC)c(C(=O)COC(=O)c2cccc(OC)c2O)c1. The van der Waals surface area contributed by atoms with Gasteiger partial charge in [0.25, 0.3) is 0 Å². The molecule has 0 amide bonds. The lowest BCUT2D eigenvalue weighted by Gasteiger charge is -2.11. The Bertz CT molecular complexity index is 783. The number of hydrogen-bond donors (Lipinski definition) is 1. The van der Waals surface area contributed by atoms with E-state index in [0.29, 0.717) is 11.5 Å². The van der Waals surface area contributed by atoms with Gasteiger partial charge in [-0.15, -0.1) is 0 Å². The predicted molar refractivity (Wildman–Crippen MR) is 88.8 cm³/mol. The average molecular weight is 346 g/mol. The fourth-order valence-electron chi connectivity index (χ4n) is 2.17. The summed E-state index contributed by atoms with van der Waals surface area (Å²) < 4.78 is 20.1. The van der Waals surface area contributed by atoms with Crippen LogP contribution in [0.4, 0.5) is 0 Å². The standard InChI is InChI=1S/C18H18O7/c1-22-11-7-8-15(23-2)13(9-11)14(19)10-25-18(21)12-5-4-6-16(24-3)17(12)20/h4-9,20H,10H2,1-3H3. The van der Waals surface area contributed by atoms with Crippen LogP contribution in [0.2, 0.25) is 0 Å². The smallest absolute Gasteiger partial charge is 0.342 e. The molecule has 0 radical (unpaired) electrons. The quantitative estimate of drug-likeness (QED) is 0.608. The Kier molecular flexibility index (Phi) is 5.84. The molecule has 0 fully saturated rings. The Balaban J connectivity index is 2.14. The van der Waals surface area contributed by atoms with E-state index in [4.69, 9.17) is 18.9 Å². The molecule has 0 heterocycles. The van der Waals surface area contributed by atoms with E-state index in [9.17, 15) is 14.7 Å². The summed E-state index contributed by atoms with van der Waals surface area (Å²) in [6.07, 6.45) is 0. The van der Waals surface area contributed by atoms with Crippen LogP contribution in [0.5, 0.6) is 23.0 Å². The number of benzene rings is 2. The van der Waals surface area contributed by atoms with E-state index in [0.717, 1.165) is 0 Å². The number of phenolic OH excluding ortho intramolecular Hbond substituents is 1. The van der Waals surface area contributed by atoms with Crippen LogP contribution < -0.4 is 14.2 Å². The minimum absolute atomic E-state index is 0.0928. The second-order valence-electron chi connectivity index (χ2n) is 4.92. The molecule has 0 bridgehead atoms. The number of carbonyl (C=O) groups excluding carboxylic acids is 2. The van der Waals surface area contributed by atoms with Gasteiger partial charge in [-0.3, -0.25) is 4.79 Å². The highest BCUT2D eigenvalue weighted by molar-refractivity contribution is 6.02. The normalized spacial score (nSPS) is 10.0. The third-order valence-corrected chi connectivity index (χ3v) is 3.48. The van der Waals surface area contributed by atoms with Gasteiger partial charge in [-0.2, -0.15) is 0 Å². The second kappa shape index (κ2) is 8.05. The summed E-state index contributed by atoms with van der Waals surface area (Å²) in [5, 5.41) is 9.94. The first-order valence-electron chi connectivity index (χ1n) is 7.30. The summed E-state index contributed by atoms with van der Waals surface area (Å²) in [6, 6.07) is 9.13. The zero-order chi connectivity index (χ0) is 18.4. The Labute approximate surface area is 144 Å². The van der Waals surface area contributed by atoms with Crippen molar-refractivity contribution >= 4 is 11.8 Å². The van der Waals surface area contributed by atoms with Gasteiger partial charge in [-0.25, -0.2) is 4.79 Å². The number of hydrogen-bond acceptors (Lipinski definition) is 7. The molecule has 0 aromatic heterocycles. The van der Waals surface area contributed by atoms with Crippen molar-refractivity contribution in [2.45, 2.75) is 0 Å². The zero-order valence-electron chi connectivity index (χ0n) is 14.1. The molecule has 0 unspecified atom stereocenters. The summed E-state index contributed by atoms with van der Waals surface area (Å²) >= 11 is 0. The molecule has 2 aromatic carbocycles. The van der Waals surface area contributed by atoms with Crippen LogP contribution in [-0.4, -0.2) is 44.8 Å². The summed E-state index contributed by atoms with van der Waals surface area (Å²) in [5.41, 5.74) is 0.134. The van der Waals surface area contributed by atoms with E-state index in [1.54, 1.807) is 12.1 Å². The van der Waals surface area contributed by atoms with Crippen LogP contribution >= 0.6 is 0 Å². The van der Waals surface area contributed by atoms with E-state index in [1.807, 2.05) is 0 Å². The van der Waals surface area contributed by atoms with Crippen molar-refractivity contribution in [1.29, 1.82) is 0 Å². The first-order valence-corrected chi connectivity index (χ1v) is 7.30. The van der Waals surface area contributed by atoms with Gasteiger partial charge in [-0.05, 0) is 30.3 Å². The Hall–Kier alpha value is -3.22. The third-order valence-electron chi connectivity index (χ3n) is 3.48. The molecule has 7 heteroatoms. The van der Waals surface area contributed by atoms with Gasteiger partial charge in [0, 0.05) is 0 Å². The fraction of sp³-hybridized carbons (Fsp3) is 0.222. The van der Waals surface area contributed by atoms with Crippen LogP contribution in [0.3, 0.4) is 0 Å². The lowest BCUT2D eigenvalue weighted by molar-refractivity contribution is 0.0470. The van der Waals surface area contributed by atoms with Crippen molar-refractivity contribution in [3.8, 4) is 23.0 Å². The van der Waals surface area contributed by atoms with E-state index in [-0.39, 0.29) is 22.6 Å². The molecule has 0 aliphatic carbocycles. The minimum atomic E-state index is -0.841. The van der Waals surface area contributed by atoms with Crippen molar-refractivity contribution < 1.29 is 33.6 Å². The third kappa shape index (κ3) is 4.00. The van der Waals surface area contributed by atoms with Gasteiger partial charge < -0.3 is 24.1 Å². The van der Waals surface area contributed by atoms with Gasteiger partial charge in [0.05, 0.1) is 26.9 Å². The number of ketones is 1. The van der Waals surface area contributed by atoms with E-state index < -0.39 is 18.4 Å². The lowest BCUT2D eigenvalue weighted by Crippen LogP contribution is -2.15. The van der Waals surface area contributed by atoms with Crippen molar-refractivity contribution in [2.24, 2.45) is 0 Å². The number of aromatic hydroxyl groups is 1. The number of phenols is 1. The Morgan fingerprint density at radius 2 is 1.64 bits per heavy atom. The molecule has 0 aliphatic rings. The Morgan fingerprint density at radius 1 is 0.920 bits per heavy atom. The van der Waals surface area contributed by atoms with Crippen molar-refractivity contribution in [1.82, 2.24) is 0 Å². The fourth-order valence-corrected chi connectivity index (χ4v) is 2.17. The van der Waals surface area contributed by atoms with Crippen LogP contribution in [-0.2, 0) is 4.74 Å². The number of carbonyl (C=O) groups is 2. The van der Waals surface area contributed by atoms with Gasteiger partial charge in [0.15, 0.2) is 18.1 Å². The summed E-state index contributed by atoms with van der Waals surface area (Å²) in [7, 11) is 4.27. The topological polar surface area (TPSA) is 91.3 Å². The van der Waals surface area contributed by atoms with E-state index >= 15 is 0 Å². The highest BCUT2D eigenvalue weighted by Gasteiger charge is 2.19. The molecule has 132 valence electrons. The molecule has 0 spiro atoms. The Morgan fingerprint density at radius 3 is 2.28 bits per heavy atom. The predicted octanol–water partition coefficient (Wildman–Crippen LogP) is 2.46. The molecule has 0 saturated heterocycles. The molecule has 25 heavy (non-hydrogen) atoms. The van der Waals surface area contributed by atoms with Crippen molar-refractivity contribution in [2.75, 3.05) is 27.9 Å². The number of Topliss-reactive ketones (excluding diaryl/α,β-unsaturated/α-hetero) is 1. The highest BCUT2D eigenvalue weighted by atomic mass is 16.5. The maximum absolute atomic E-state index is 12.3. The molecular weight excluding hydrogens is 328 g/mol. The van der Waals surface area contributed by atoms with Crippen LogP contribution in [0.25, 0.3) is 0 Å². The van der Waals surface area contributed by atoms with E-state index in [1.165, 1.54) is 45.6 Å². The van der Waals surface area contributed by atoms with Gasteiger partial charge in [-0.1, -0.05) is 6.07 Å².